The van der Waals surface area contributed by atoms with Gasteiger partial charge in [-0.25, -0.2) is 13.4 Å². The molecule has 3 rings (SSSR count). The normalized spacial score (nSPS) is 15.3. The predicted molar refractivity (Wildman–Crippen MR) is 108 cm³/mol. The summed E-state index contributed by atoms with van der Waals surface area (Å²) in [6.07, 6.45) is 0. The number of aryl methyl sites for hydroxylation is 2. The lowest BCUT2D eigenvalue weighted by atomic mass is 10.3. The molecule has 0 saturated carbocycles. The second-order valence-electron chi connectivity index (χ2n) is 6.34. The first kappa shape index (κ1) is 21.6. The van der Waals surface area contributed by atoms with Gasteiger partial charge in [-0.05, 0) is 32.0 Å². The molecule has 1 fully saturated rings. The predicted octanol–water partition coefficient (Wildman–Crippen LogP) is 2.05. The molecule has 29 heavy (non-hydrogen) atoms. The van der Waals surface area contributed by atoms with E-state index in [-0.39, 0.29) is 22.2 Å². The van der Waals surface area contributed by atoms with Gasteiger partial charge in [0, 0.05) is 13.1 Å². The number of anilines is 1. The Kier molecular flexibility index (Phi) is 6.83. The number of rotatable bonds is 7. The third kappa shape index (κ3) is 5.10. The molecule has 2 aromatic rings. The third-order valence-corrected chi connectivity index (χ3v) is 7.11. The first-order valence-electron chi connectivity index (χ1n) is 8.94. The van der Waals surface area contributed by atoms with Crippen LogP contribution in [0.5, 0.6) is 5.75 Å². The smallest absolute Gasteiger partial charge is 0.256 e. The molecular weight excluding hydrogens is 418 g/mol. The number of thioether (sulfide) groups is 1. The van der Waals surface area contributed by atoms with E-state index in [9.17, 15) is 13.2 Å². The van der Waals surface area contributed by atoms with Crippen LogP contribution in [0.15, 0.2) is 32.7 Å². The molecule has 0 spiro atoms. The number of morpholine rings is 1. The maximum Gasteiger partial charge on any atom is 0.256 e. The molecule has 0 radical (unpaired) electrons. The highest BCUT2D eigenvalue weighted by Gasteiger charge is 2.27. The van der Waals surface area contributed by atoms with Crippen molar-refractivity contribution in [3.63, 3.8) is 0 Å². The number of ether oxygens (including phenoxy) is 2. The number of sulfonamides is 1. The van der Waals surface area contributed by atoms with E-state index in [1.807, 2.05) is 6.92 Å². The van der Waals surface area contributed by atoms with Crippen LogP contribution in [-0.4, -0.2) is 62.8 Å². The molecule has 9 nitrogen and oxygen atoms in total. The Bertz CT molecular complexity index is 964. The van der Waals surface area contributed by atoms with E-state index < -0.39 is 10.0 Å². The molecule has 1 aliphatic rings. The van der Waals surface area contributed by atoms with Gasteiger partial charge in [0.2, 0.25) is 15.9 Å². The first-order valence-corrected chi connectivity index (χ1v) is 11.4. The molecule has 11 heteroatoms. The summed E-state index contributed by atoms with van der Waals surface area (Å²) in [6, 6.07) is 4.40. The number of aromatic nitrogens is 1. The molecule has 1 N–H and O–H groups in total. The van der Waals surface area contributed by atoms with Crippen molar-refractivity contribution < 1.29 is 27.1 Å². The monoisotopic (exact) mass is 441 g/mol. The minimum Gasteiger partial charge on any atom is -0.495 e. The van der Waals surface area contributed by atoms with E-state index in [4.69, 9.17) is 13.9 Å². The minimum absolute atomic E-state index is 0.0585. The average Bonchev–Trinajstić information content (AvgIpc) is 3.04. The lowest BCUT2D eigenvalue weighted by molar-refractivity contribution is -0.113. The molecule has 1 aromatic carbocycles. The summed E-state index contributed by atoms with van der Waals surface area (Å²) in [5, 5.41) is 3.11. The van der Waals surface area contributed by atoms with Crippen molar-refractivity contribution in [3.05, 3.63) is 29.7 Å². The largest absolute Gasteiger partial charge is 0.495 e. The summed E-state index contributed by atoms with van der Waals surface area (Å²) in [5.74, 6) is 0.800. The number of carbonyl (C=O) groups excluding carboxylic acids is 1. The second kappa shape index (κ2) is 9.16. The van der Waals surface area contributed by atoms with Gasteiger partial charge in [-0.15, -0.1) is 0 Å². The van der Waals surface area contributed by atoms with Crippen molar-refractivity contribution in [1.82, 2.24) is 9.29 Å². The number of benzene rings is 1. The zero-order chi connectivity index (χ0) is 21.0. The van der Waals surface area contributed by atoms with Crippen molar-refractivity contribution in [2.24, 2.45) is 0 Å². The molecule has 0 atom stereocenters. The average molecular weight is 442 g/mol. The Morgan fingerprint density at radius 2 is 2.03 bits per heavy atom. The van der Waals surface area contributed by atoms with Gasteiger partial charge in [-0.1, -0.05) is 11.8 Å². The van der Waals surface area contributed by atoms with Crippen LogP contribution in [-0.2, 0) is 19.6 Å². The molecule has 0 bridgehead atoms. The van der Waals surface area contributed by atoms with Gasteiger partial charge in [0.1, 0.15) is 11.5 Å². The summed E-state index contributed by atoms with van der Waals surface area (Å²) >= 11 is 1.16. The third-order valence-electron chi connectivity index (χ3n) is 4.39. The molecule has 0 aliphatic carbocycles. The Morgan fingerprint density at radius 3 is 2.66 bits per heavy atom. The zero-order valence-corrected chi connectivity index (χ0v) is 18.1. The lowest BCUT2D eigenvalue weighted by Crippen LogP contribution is -2.40. The summed E-state index contributed by atoms with van der Waals surface area (Å²) < 4.78 is 43.0. The number of hydrogen-bond donors (Lipinski definition) is 1. The van der Waals surface area contributed by atoms with Crippen LogP contribution in [0.2, 0.25) is 0 Å². The van der Waals surface area contributed by atoms with Gasteiger partial charge in [-0.2, -0.15) is 4.31 Å². The van der Waals surface area contributed by atoms with Crippen LogP contribution >= 0.6 is 11.8 Å². The maximum absolute atomic E-state index is 12.9. The molecule has 158 valence electrons. The van der Waals surface area contributed by atoms with E-state index in [0.29, 0.717) is 43.0 Å². The molecule has 1 aromatic heterocycles. The number of carbonyl (C=O) groups is 1. The van der Waals surface area contributed by atoms with E-state index in [1.54, 1.807) is 6.92 Å². The van der Waals surface area contributed by atoms with Crippen LogP contribution in [0.4, 0.5) is 5.69 Å². The zero-order valence-electron chi connectivity index (χ0n) is 16.4. The van der Waals surface area contributed by atoms with Crippen LogP contribution in [0, 0.1) is 13.8 Å². The quantitative estimate of drug-likeness (QED) is 0.650. The number of methoxy groups -OCH3 is 1. The second-order valence-corrected chi connectivity index (χ2v) is 9.20. The van der Waals surface area contributed by atoms with Gasteiger partial charge in [0.25, 0.3) is 5.22 Å². The van der Waals surface area contributed by atoms with Crippen LogP contribution in [0.3, 0.4) is 0 Å². The lowest BCUT2D eigenvalue weighted by Gasteiger charge is -2.26. The number of nitrogens with one attached hydrogen (secondary N) is 1. The standard InChI is InChI=1S/C18H23N3O6S2/c1-12-13(2)27-18(19-12)28-11-17(22)20-15-10-14(4-5-16(15)25-3)29(23,24)21-6-8-26-9-7-21/h4-5,10H,6-9,11H2,1-3H3,(H,20,22). The summed E-state index contributed by atoms with van der Waals surface area (Å²) in [4.78, 5) is 16.7. The molecule has 1 aliphatic heterocycles. The number of hydrogen-bond acceptors (Lipinski definition) is 8. The fraction of sp³-hybridized carbons (Fsp3) is 0.444. The van der Waals surface area contributed by atoms with Crippen LogP contribution < -0.4 is 10.1 Å². The van der Waals surface area contributed by atoms with E-state index in [1.165, 1.54) is 29.6 Å². The van der Waals surface area contributed by atoms with E-state index >= 15 is 0 Å². The van der Waals surface area contributed by atoms with Crippen LogP contribution in [0.1, 0.15) is 11.5 Å². The minimum atomic E-state index is -3.69. The van der Waals surface area contributed by atoms with Crippen molar-refractivity contribution in [2.45, 2.75) is 24.0 Å². The van der Waals surface area contributed by atoms with Gasteiger partial charge < -0.3 is 19.2 Å². The summed E-state index contributed by atoms with van der Waals surface area (Å²) in [6.45, 7) is 4.93. The highest BCUT2D eigenvalue weighted by molar-refractivity contribution is 7.99. The highest BCUT2D eigenvalue weighted by Crippen LogP contribution is 2.30. The molecule has 0 unspecified atom stereocenters. The SMILES string of the molecule is COc1ccc(S(=O)(=O)N2CCOCC2)cc1NC(=O)CSc1nc(C)c(C)o1. The molecular formula is C18H23N3O6S2. The van der Waals surface area contributed by atoms with Gasteiger partial charge >= 0.3 is 0 Å². The van der Waals surface area contributed by atoms with E-state index in [2.05, 4.69) is 10.3 Å². The van der Waals surface area contributed by atoms with Crippen molar-refractivity contribution in [2.75, 3.05) is 44.5 Å². The maximum atomic E-state index is 12.9. The highest BCUT2D eigenvalue weighted by atomic mass is 32.2. The molecule has 1 amide bonds. The summed E-state index contributed by atoms with van der Waals surface area (Å²) in [7, 11) is -2.23. The molecule has 1 saturated heterocycles. The van der Waals surface area contributed by atoms with Crippen molar-refractivity contribution in [3.8, 4) is 5.75 Å². The van der Waals surface area contributed by atoms with Gasteiger partial charge in [0.05, 0.1) is 42.4 Å². The van der Waals surface area contributed by atoms with E-state index in [0.717, 1.165) is 17.5 Å². The van der Waals surface area contributed by atoms with Gasteiger partial charge in [-0.3, -0.25) is 4.79 Å². The van der Waals surface area contributed by atoms with Crippen LogP contribution in [0.25, 0.3) is 0 Å². The number of nitrogens with zero attached hydrogens (tertiary/aromatic N) is 2. The Morgan fingerprint density at radius 1 is 1.31 bits per heavy atom. The van der Waals surface area contributed by atoms with Crippen molar-refractivity contribution >= 4 is 33.4 Å². The molecule has 2 heterocycles. The number of amides is 1. The Hall–Kier alpha value is -2.08. The van der Waals surface area contributed by atoms with Gasteiger partial charge in [0.15, 0.2) is 0 Å². The Balaban J connectivity index is 1.73. The van der Waals surface area contributed by atoms with Crippen molar-refractivity contribution in [1.29, 1.82) is 0 Å². The Labute approximate surface area is 173 Å². The number of oxazole rings is 1. The topological polar surface area (TPSA) is 111 Å². The first-order chi connectivity index (χ1) is 13.8. The summed E-state index contributed by atoms with van der Waals surface area (Å²) in [5.41, 5.74) is 1.06. The fourth-order valence-electron chi connectivity index (χ4n) is 2.70. The fourth-order valence-corrected chi connectivity index (χ4v) is 4.85.